The summed E-state index contributed by atoms with van der Waals surface area (Å²) in [5.41, 5.74) is 1.48. The van der Waals surface area contributed by atoms with Crippen LogP contribution >= 0.6 is 0 Å². The molecule has 0 saturated carbocycles. The zero-order chi connectivity index (χ0) is 27.4. The van der Waals surface area contributed by atoms with E-state index >= 15 is 0 Å². The zero-order valence-electron chi connectivity index (χ0n) is 22.4. The quantitative estimate of drug-likeness (QED) is 0.346. The molecule has 2 N–H and O–H groups in total. The molecule has 8 nitrogen and oxygen atoms in total. The van der Waals surface area contributed by atoms with Gasteiger partial charge in [-0.15, -0.1) is 0 Å². The highest BCUT2D eigenvalue weighted by atomic mass is 16.6. The Balaban J connectivity index is 2.49. The van der Waals surface area contributed by atoms with Crippen molar-refractivity contribution in [2.45, 2.75) is 71.6 Å². The lowest BCUT2D eigenvalue weighted by atomic mass is 9.97. The van der Waals surface area contributed by atoms with E-state index in [0.29, 0.717) is 12.1 Å². The summed E-state index contributed by atoms with van der Waals surface area (Å²) < 4.78 is 5.41. The summed E-state index contributed by atoms with van der Waals surface area (Å²) in [6.45, 7) is 9.20. The van der Waals surface area contributed by atoms with Crippen molar-refractivity contribution in [1.82, 2.24) is 15.5 Å². The third kappa shape index (κ3) is 9.26. The molecular weight excluding hydrogens is 468 g/mol. The van der Waals surface area contributed by atoms with Crippen LogP contribution in [0.1, 0.15) is 63.3 Å². The van der Waals surface area contributed by atoms with Gasteiger partial charge in [-0.05, 0) is 50.8 Å². The molecule has 0 heterocycles. The van der Waals surface area contributed by atoms with Gasteiger partial charge in [-0.1, -0.05) is 67.9 Å². The fraction of sp³-hybridized carbons (Fsp3) is 0.448. The number of carbonyl (C=O) groups excluding carboxylic acids is 3. The van der Waals surface area contributed by atoms with Crippen LogP contribution in [-0.2, 0) is 20.7 Å². The molecule has 0 aromatic heterocycles. The average Bonchev–Trinajstić information content (AvgIpc) is 2.83. The summed E-state index contributed by atoms with van der Waals surface area (Å²) in [6.07, 6.45) is 1.10. The van der Waals surface area contributed by atoms with Crippen LogP contribution in [0.4, 0.5) is 4.79 Å². The standard InChI is InChI=1S/C29H38N4O4/c1-6-7-18-31-26(34)25(23-16-12-11-13-21(23)2)33(19-17-30)27(35)24(20-22-14-9-8-10-15-22)32-28(36)37-29(3,4)5/h8-16,24-25H,6-7,18-20H2,1-5H3,(H,31,34)(H,32,36). The van der Waals surface area contributed by atoms with Gasteiger partial charge in [-0.2, -0.15) is 5.26 Å². The number of alkyl carbamates (subject to hydrolysis) is 1. The van der Waals surface area contributed by atoms with Crippen molar-refractivity contribution in [1.29, 1.82) is 5.26 Å². The molecule has 8 heteroatoms. The first-order valence-corrected chi connectivity index (χ1v) is 12.6. The van der Waals surface area contributed by atoms with Crippen molar-refractivity contribution in [3.8, 4) is 6.07 Å². The van der Waals surface area contributed by atoms with Crippen molar-refractivity contribution in [2.24, 2.45) is 0 Å². The lowest BCUT2D eigenvalue weighted by Crippen LogP contribution is -2.54. The number of hydrogen-bond acceptors (Lipinski definition) is 5. The third-order valence-corrected chi connectivity index (χ3v) is 5.67. The van der Waals surface area contributed by atoms with E-state index in [-0.39, 0.29) is 18.9 Å². The number of benzene rings is 2. The largest absolute Gasteiger partial charge is 0.444 e. The number of rotatable bonds is 11. The summed E-state index contributed by atoms with van der Waals surface area (Å²) in [4.78, 5) is 41.4. The number of ether oxygens (including phenoxy) is 1. The van der Waals surface area contributed by atoms with Gasteiger partial charge in [-0.25, -0.2) is 4.79 Å². The summed E-state index contributed by atoms with van der Waals surface area (Å²) in [5.74, 6) is -0.919. The second-order valence-corrected chi connectivity index (χ2v) is 9.92. The van der Waals surface area contributed by atoms with Crippen LogP contribution in [0.2, 0.25) is 0 Å². The van der Waals surface area contributed by atoms with Crippen LogP contribution in [0.15, 0.2) is 54.6 Å². The second kappa shape index (κ2) is 14.0. The number of hydrogen-bond donors (Lipinski definition) is 2. The molecule has 0 saturated heterocycles. The number of nitrogens with zero attached hydrogens (tertiary/aromatic N) is 2. The van der Waals surface area contributed by atoms with Gasteiger partial charge >= 0.3 is 6.09 Å². The van der Waals surface area contributed by atoms with Crippen LogP contribution in [0.25, 0.3) is 0 Å². The number of unbranched alkanes of at least 4 members (excludes halogenated alkanes) is 1. The molecular formula is C29H38N4O4. The van der Waals surface area contributed by atoms with Crippen LogP contribution < -0.4 is 10.6 Å². The Morgan fingerprint density at radius 2 is 1.70 bits per heavy atom. The fourth-order valence-electron chi connectivity index (χ4n) is 3.90. The number of nitriles is 1. The first-order valence-electron chi connectivity index (χ1n) is 12.6. The monoisotopic (exact) mass is 506 g/mol. The number of carbonyl (C=O) groups is 3. The molecule has 0 spiro atoms. The highest BCUT2D eigenvalue weighted by Crippen LogP contribution is 2.26. The summed E-state index contributed by atoms with van der Waals surface area (Å²) in [5, 5.41) is 15.3. The SMILES string of the molecule is CCCCNC(=O)C(c1ccccc1C)N(CC#N)C(=O)C(Cc1ccccc1)NC(=O)OC(C)(C)C. The molecule has 0 fully saturated rings. The van der Waals surface area contributed by atoms with E-state index in [1.54, 1.807) is 32.9 Å². The van der Waals surface area contributed by atoms with E-state index in [9.17, 15) is 19.6 Å². The highest BCUT2D eigenvalue weighted by Gasteiger charge is 2.36. The van der Waals surface area contributed by atoms with Gasteiger partial charge in [0, 0.05) is 13.0 Å². The summed E-state index contributed by atoms with van der Waals surface area (Å²) in [6, 6.07) is 16.5. The summed E-state index contributed by atoms with van der Waals surface area (Å²) >= 11 is 0. The van der Waals surface area contributed by atoms with Crippen LogP contribution in [0.5, 0.6) is 0 Å². The van der Waals surface area contributed by atoms with Gasteiger partial charge in [-0.3, -0.25) is 9.59 Å². The summed E-state index contributed by atoms with van der Waals surface area (Å²) in [7, 11) is 0. The van der Waals surface area contributed by atoms with Gasteiger partial charge < -0.3 is 20.3 Å². The van der Waals surface area contributed by atoms with Crippen molar-refractivity contribution >= 4 is 17.9 Å². The molecule has 0 aliphatic carbocycles. The smallest absolute Gasteiger partial charge is 0.408 e. The molecule has 2 aromatic carbocycles. The number of aryl methyl sites for hydroxylation is 1. The van der Waals surface area contributed by atoms with Crippen molar-refractivity contribution in [3.63, 3.8) is 0 Å². The van der Waals surface area contributed by atoms with E-state index in [2.05, 4.69) is 10.6 Å². The molecule has 37 heavy (non-hydrogen) atoms. The minimum Gasteiger partial charge on any atom is -0.444 e. The van der Waals surface area contributed by atoms with Crippen molar-refractivity contribution in [3.05, 3.63) is 71.3 Å². The normalized spacial score (nSPS) is 12.5. The van der Waals surface area contributed by atoms with Crippen LogP contribution in [0.3, 0.4) is 0 Å². The Morgan fingerprint density at radius 3 is 2.30 bits per heavy atom. The Morgan fingerprint density at radius 1 is 1.05 bits per heavy atom. The van der Waals surface area contributed by atoms with Crippen LogP contribution in [0, 0.1) is 18.3 Å². The minimum atomic E-state index is -1.06. The maximum Gasteiger partial charge on any atom is 0.408 e. The Bertz CT molecular complexity index is 1090. The lowest BCUT2D eigenvalue weighted by Gasteiger charge is -2.33. The van der Waals surface area contributed by atoms with E-state index in [4.69, 9.17) is 4.74 Å². The average molecular weight is 507 g/mol. The van der Waals surface area contributed by atoms with Gasteiger partial charge in [0.1, 0.15) is 24.2 Å². The maximum atomic E-state index is 14.0. The van der Waals surface area contributed by atoms with Gasteiger partial charge in [0.05, 0.1) is 6.07 Å². The Labute approximate surface area is 220 Å². The van der Waals surface area contributed by atoms with E-state index in [1.807, 2.05) is 62.4 Å². The molecule has 198 valence electrons. The molecule has 0 bridgehead atoms. The third-order valence-electron chi connectivity index (χ3n) is 5.67. The fourth-order valence-corrected chi connectivity index (χ4v) is 3.90. The molecule has 2 rings (SSSR count). The predicted molar refractivity (Wildman–Crippen MR) is 142 cm³/mol. The molecule has 0 aliphatic heterocycles. The number of amides is 3. The topological polar surface area (TPSA) is 112 Å². The first kappa shape index (κ1) is 29.4. The Kier molecular flexibility index (Phi) is 11.1. The first-order chi connectivity index (χ1) is 17.6. The second-order valence-electron chi connectivity index (χ2n) is 9.92. The van der Waals surface area contributed by atoms with Gasteiger partial charge in [0.25, 0.3) is 0 Å². The molecule has 0 radical (unpaired) electrons. The van der Waals surface area contributed by atoms with E-state index < -0.39 is 29.7 Å². The van der Waals surface area contributed by atoms with E-state index in [0.717, 1.165) is 24.0 Å². The maximum absolute atomic E-state index is 14.0. The molecule has 2 atom stereocenters. The minimum absolute atomic E-state index is 0.165. The highest BCUT2D eigenvalue weighted by molar-refractivity contribution is 5.92. The molecule has 0 aliphatic rings. The van der Waals surface area contributed by atoms with Gasteiger partial charge in [0.2, 0.25) is 11.8 Å². The van der Waals surface area contributed by atoms with Gasteiger partial charge in [0.15, 0.2) is 0 Å². The molecule has 2 aromatic rings. The van der Waals surface area contributed by atoms with E-state index in [1.165, 1.54) is 4.90 Å². The number of nitrogens with one attached hydrogen (secondary N) is 2. The van der Waals surface area contributed by atoms with Crippen molar-refractivity contribution in [2.75, 3.05) is 13.1 Å². The predicted octanol–water partition coefficient (Wildman–Crippen LogP) is 4.44. The van der Waals surface area contributed by atoms with Crippen molar-refractivity contribution < 1.29 is 19.1 Å². The lowest BCUT2D eigenvalue weighted by molar-refractivity contribution is -0.141. The Hall–Kier alpha value is -3.86. The molecule has 2 unspecified atom stereocenters. The van der Waals surface area contributed by atoms with Crippen LogP contribution in [-0.4, -0.2) is 47.5 Å². The molecule has 3 amide bonds. The zero-order valence-corrected chi connectivity index (χ0v) is 22.4.